The SMILES string of the molecule is COC1=C2CC(C)CC(OC)C(OC(C)=O)C(C)/C=C(\C)C(OC(N)=O)C(OC)/C=C\C=C(/C)C(=O)NC(=CC1=O)C2=O. The van der Waals surface area contributed by atoms with Crippen LogP contribution in [0.15, 0.2) is 58.6 Å². The van der Waals surface area contributed by atoms with E-state index in [0.717, 1.165) is 6.08 Å². The predicted molar refractivity (Wildman–Crippen MR) is 156 cm³/mol. The molecule has 12 nitrogen and oxygen atoms in total. The van der Waals surface area contributed by atoms with Crippen LogP contribution in [0.2, 0.25) is 0 Å². The van der Waals surface area contributed by atoms with Crippen molar-refractivity contribution in [1.29, 1.82) is 0 Å². The summed E-state index contributed by atoms with van der Waals surface area (Å²) >= 11 is 0. The summed E-state index contributed by atoms with van der Waals surface area (Å²) in [6.07, 6.45) is 3.68. The molecule has 236 valence electrons. The average molecular weight is 603 g/mol. The Morgan fingerprint density at radius 1 is 1.02 bits per heavy atom. The highest BCUT2D eigenvalue weighted by Crippen LogP contribution is 2.30. The van der Waals surface area contributed by atoms with Crippen molar-refractivity contribution in [2.24, 2.45) is 17.6 Å². The van der Waals surface area contributed by atoms with Crippen LogP contribution in [-0.2, 0) is 42.9 Å². The van der Waals surface area contributed by atoms with Gasteiger partial charge < -0.3 is 34.7 Å². The zero-order chi connectivity index (χ0) is 32.4. The van der Waals surface area contributed by atoms with E-state index in [4.69, 9.17) is 29.4 Å². The average Bonchev–Trinajstić information content (AvgIpc) is 2.93. The van der Waals surface area contributed by atoms with Gasteiger partial charge in [-0.05, 0) is 38.2 Å². The number of Topliss-reactive ketones (excluding diaryl/α,β-unsaturated/α-hetero) is 1. The Hall–Kier alpha value is -4.03. The monoisotopic (exact) mass is 602 g/mol. The molecule has 12 heteroatoms. The fourth-order valence-electron chi connectivity index (χ4n) is 5.14. The largest absolute Gasteiger partial charge is 0.492 e. The summed E-state index contributed by atoms with van der Waals surface area (Å²) in [5, 5.41) is 2.52. The molecular weight excluding hydrogens is 560 g/mol. The fourth-order valence-corrected chi connectivity index (χ4v) is 5.14. The number of allylic oxidation sites excluding steroid dienone is 4. The second kappa shape index (κ2) is 16.0. The molecule has 1 aliphatic heterocycles. The summed E-state index contributed by atoms with van der Waals surface area (Å²) in [6, 6.07) is 0. The van der Waals surface area contributed by atoms with E-state index in [1.807, 2.05) is 13.8 Å². The first kappa shape index (κ1) is 35.2. The highest BCUT2D eigenvalue weighted by molar-refractivity contribution is 6.23. The van der Waals surface area contributed by atoms with Crippen LogP contribution in [-0.4, -0.2) is 75.3 Å². The minimum atomic E-state index is -1.02. The van der Waals surface area contributed by atoms with Crippen LogP contribution in [0.5, 0.6) is 0 Å². The third kappa shape index (κ3) is 9.48. The number of carbonyl (C=O) groups is 5. The molecule has 6 unspecified atom stereocenters. The Morgan fingerprint density at radius 3 is 2.26 bits per heavy atom. The molecule has 0 radical (unpaired) electrons. The van der Waals surface area contributed by atoms with Crippen LogP contribution in [0.4, 0.5) is 4.79 Å². The molecular formula is C31H42N2O10. The van der Waals surface area contributed by atoms with Gasteiger partial charge in [-0.1, -0.05) is 38.2 Å². The zero-order valence-electron chi connectivity index (χ0n) is 25.9. The standard InChI is InChI=1S/C31H42N2O10/c1-16-12-21-26(36)22(15-23(35)29(21)41-8)33-30(37)17(2)10-9-11-24(39-6)27(43-31(32)38)18(3)14-19(4)28(42-20(5)34)25(13-16)40-7/h9-11,14-16,19,24-25,27-28H,12-13H2,1-8H3,(H2,32,38)(H,33,37)/b11-9-,17-10+,18-14+. The number of rotatable bonds is 5. The third-order valence-electron chi connectivity index (χ3n) is 7.21. The first-order valence-electron chi connectivity index (χ1n) is 13.8. The number of fused-ring (bicyclic) bond motifs is 2. The first-order chi connectivity index (χ1) is 20.2. The maximum atomic E-state index is 13.5. The second-order valence-corrected chi connectivity index (χ2v) is 10.7. The van der Waals surface area contributed by atoms with E-state index in [1.165, 1.54) is 47.3 Å². The van der Waals surface area contributed by atoms with E-state index in [0.29, 0.717) is 12.0 Å². The molecule has 0 aromatic rings. The summed E-state index contributed by atoms with van der Waals surface area (Å²) in [5.74, 6) is -3.01. The molecule has 2 aliphatic rings. The number of hydrogen-bond donors (Lipinski definition) is 2. The van der Waals surface area contributed by atoms with Gasteiger partial charge in [0.25, 0.3) is 5.91 Å². The summed E-state index contributed by atoms with van der Waals surface area (Å²) in [5.41, 5.74) is 6.11. The number of ether oxygens (including phenoxy) is 5. The number of carbonyl (C=O) groups excluding carboxylic acids is 5. The molecule has 0 spiro atoms. The van der Waals surface area contributed by atoms with Gasteiger partial charge in [0.05, 0.1) is 18.9 Å². The first-order valence-corrected chi connectivity index (χ1v) is 13.8. The number of amides is 2. The molecule has 3 N–H and O–H groups in total. The van der Waals surface area contributed by atoms with Gasteiger partial charge in [0.2, 0.25) is 11.6 Å². The van der Waals surface area contributed by atoms with Crippen LogP contribution in [0, 0.1) is 11.8 Å². The van der Waals surface area contributed by atoms with E-state index >= 15 is 0 Å². The van der Waals surface area contributed by atoms with Crippen molar-refractivity contribution in [3.8, 4) is 0 Å². The highest BCUT2D eigenvalue weighted by Gasteiger charge is 2.35. The Bertz CT molecular complexity index is 1260. The highest BCUT2D eigenvalue weighted by atomic mass is 16.6. The maximum Gasteiger partial charge on any atom is 0.405 e. The summed E-state index contributed by atoms with van der Waals surface area (Å²) < 4.78 is 27.7. The number of esters is 1. The van der Waals surface area contributed by atoms with Crippen molar-refractivity contribution in [2.45, 2.75) is 71.9 Å². The summed E-state index contributed by atoms with van der Waals surface area (Å²) in [6.45, 7) is 8.23. The van der Waals surface area contributed by atoms with Gasteiger partial charge in [-0.2, -0.15) is 0 Å². The van der Waals surface area contributed by atoms with Crippen molar-refractivity contribution in [3.63, 3.8) is 0 Å². The molecule has 2 bridgehead atoms. The molecule has 1 aliphatic carbocycles. The predicted octanol–water partition coefficient (Wildman–Crippen LogP) is 2.98. The molecule has 0 saturated carbocycles. The lowest BCUT2D eigenvalue weighted by Crippen LogP contribution is -2.39. The van der Waals surface area contributed by atoms with Gasteiger partial charge in [-0.25, -0.2) is 4.79 Å². The second-order valence-electron chi connectivity index (χ2n) is 10.7. The molecule has 43 heavy (non-hydrogen) atoms. The van der Waals surface area contributed by atoms with Crippen LogP contribution in [0.25, 0.3) is 0 Å². The van der Waals surface area contributed by atoms with Gasteiger partial charge in [0, 0.05) is 44.3 Å². The lowest BCUT2D eigenvalue weighted by Gasteiger charge is -2.32. The lowest BCUT2D eigenvalue weighted by molar-refractivity contribution is -0.157. The van der Waals surface area contributed by atoms with E-state index in [9.17, 15) is 24.0 Å². The minimum absolute atomic E-state index is 0.0977. The Kier molecular flexibility index (Phi) is 13.1. The topological polar surface area (TPSA) is 170 Å². The van der Waals surface area contributed by atoms with Crippen molar-refractivity contribution in [3.05, 3.63) is 58.6 Å². The summed E-state index contributed by atoms with van der Waals surface area (Å²) in [4.78, 5) is 63.2. The number of methoxy groups -OCH3 is 3. The molecule has 0 aromatic heterocycles. The van der Waals surface area contributed by atoms with Crippen LogP contribution >= 0.6 is 0 Å². The van der Waals surface area contributed by atoms with Gasteiger partial charge in [0.1, 0.15) is 12.2 Å². The Labute approximate surface area is 251 Å². The van der Waals surface area contributed by atoms with Crippen molar-refractivity contribution >= 4 is 29.5 Å². The third-order valence-corrected chi connectivity index (χ3v) is 7.21. The zero-order valence-corrected chi connectivity index (χ0v) is 25.9. The molecule has 2 amide bonds. The number of nitrogens with one attached hydrogen (secondary N) is 1. The van der Waals surface area contributed by atoms with E-state index in [1.54, 1.807) is 19.1 Å². The number of nitrogens with two attached hydrogens (primary N) is 1. The number of primary amides is 1. The summed E-state index contributed by atoms with van der Waals surface area (Å²) in [7, 11) is 4.21. The van der Waals surface area contributed by atoms with E-state index in [2.05, 4.69) is 5.32 Å². The van der Waals surface area contributed by atoms with Crippen molar-refractivity contribution in [1.82, 2.24) is 5.32 Å². The fraction of sp³-hybridized carbons (Fsp3) is 0.516. The molecule has 1 heterocycles. The number of ketones is 2. The van der Waals surface area contributed by atoms with Crippen LogP contribution in [0.1, 0.15) is 47.5 Å². The minimum Gasteiger partial charge on any atom is -0.492 e. The lowest BCUT2D eigenvalue weighted by atomic mass is 9.85. The molecule has 0 fully saturated rings. The maximum absolute atomic E-state index is 13.5. The van der Waals surface area contributed by atoms with Gasteiger partial charge >= 0.3 is 12.1 Å². The van der Waals surface area contributed by atoms with Gasteiger partial charge in [0.15, 0.2) is 11.9 Å². The van der Waals surface area contributed by atoms with Gasteiger partial charge in [-0.3, -0.25) is 19.2 Å². The van der Waals surface area contributed by atoms with E-state index in [-0.39, 0.29) is 34.9 Å². The molecule has 0 aromatic carbocycles. The van der Waals surface area contributed by atoms with Gasteiger partial charge in [-0.15, -0.1) is 0 Å². The van der Waals surface area contributed by atoms with Crippen LogP contribution in [0.3, 0.4) is 0 Å². The van der Waals surface area contributed by atoms with Crippen molar-refractivity contribution in [2.75, 3.05) is 21.3 Å². The quantitative estimate of drug-likeness (QED) is 0.271. The Balaban J connectivity index is 2.70. The normalized spacial score (nSPS) is 31.1. The van der Waals surface area contributed by atoms with Crippen LogP contribution < -0.4 is 11.1 Å². The molecule has 0 saturated heterocycles. The molecule has 6 atom stereocenters. The molecule has 2 rings (SSSR count). The smallest absolute Gasteiger partial charge is 0.405 e. The van der Waals surface area contributed by atoms with E-state index < -0.39 is 59.9 Å². The number of hydrogen-bond acceptors (Lipinski definition) is 10. The van der Waals surface area contributed by atoms with Crippen molar-refractivity contribution < 1.29 is 47.7 Å². The Morgan fingerprint density at radius 2 is 1.70 bits per heavy atom.